The van der Waals surface area contributed by atoms with Gasteiger partial charge in [0.15, 0.2) is 5.78 Å². The molecular formula is C42H58N8O9. The van der Waals surface area contributed by atoms with Crippen molar-refractivity contribution in [3.05, 3.63) is 83.9 Å². The van der Waals surface area contributed by atoms with Crippen LogP contribution in [0.2, 0.25) is 0 Å². The molecule has 17 heteroatoms. The van der Waals surface area contributed by atoms with Gasteiger partial charge in [0, 0.05) is 51.6 Å². The van der Waals surface area contributed by atoms with Crippen LogP contribution in [0.3, 0.4) is 0 Å². The van der Waals surface area contributed by atoms with Crippen LogP contribution in [-0.2, 0) is 51.3 Å². The fourth-order valence-corrected chi connectivity index (χ4v) is 6.37. The number of nitrogens with one attached hydrogen (secondary N) is 5. The molecule has 6 amide bonds. The van der Waals surface area contributed by atoms with Crippen molar-refractivity contribution in [2.24, 2.45) is 11.8 Å². The van der Waals surface area contributed by atoms with Gasteiger partial charge >= 0.3 is 6.09 Å². The van der Waals surface area contributed by atoms with Crippen LogP contribution in [0, 0.1) is 11.8 Å². The van der Waals surface area contributed by atoms with Crippen LogP contribution in [0.1, 0.15) is 76.4 Å². The summed E-state index contributed by atoms with van der Waals surface area (Å²) >= 11 is 0. The van der Waals surface area contributed by atoms with Gasteiger partial charge in [-0.05, 0) is 48.9 Å². The number of hydrogen-bond acceptors (Lipinski definition) is 10. The van der Waals surface area contributed by atoms with Crippen LogP contribution in [-0.4, -0.2) is 108 Å². The number of H-pyrrole nitrogens is 1. The largest absolute Gasteiger partial charge is 0.445 e. The summed E-state index contributed by atoms with van der Waals surface area (Å²) in [5, 5.41) is 10.6. The average molecular weight is 819 g/mol. The first-order chi connectivity index (χ1) is 28.3. The Kier molecular flexibility index (Phi) is 19.7. The van der Waals surface area contributed by atoms with Crippen molar-refractivity contribution in [3.63, 3.8) is 0 Å². The molecule has 0 bridgehead atoms. The molecule has 0 aliphatic carbocycles. The van der Waals surface area contributed by atoms with Crippen LogP contribution >= 0.6 is 0 Å². The zero-order valence-corrected chi connectivity index (χ0v) is 34.7. The Morgan fingerprint density at radius 2 is 1.63 bits per heavy atom. The summed E-state index contributed by atoms with van der Waals surface area (Å²) in [5.74, 6) is -2.59. The molecule has 0 radical (unpaired) electrons. The highest BCUT2D eigenvalue weighted by Crippen LogP contribution is 2.21. The van der Waals surface area contributed by atoms with Crippen molar-refractivity contribution < 1.29 is 43.0 Å². The fourth-order valence-electron chi connectivity index (χ4n) is 6.37. The molecule has 3 rings (SSSR count). The number of methoxy groups -OCH3 is 1. The van der Waals surface area contributed by atoms with E-state index in [9.17, 15) is 33.6 Å². The van der Waals surface area contributed by atoms with Crippen molar-refractivity contribution in [2.45, 2.75) is 84.7 Å². The molecule has 2 aromatic carbocycles. The number of benzene rings is 2. The number of amides is 6. The first kappa shape index (κ1) is 47.3. The molecule has 4 atom stereocenters. The van der Waals surface area contributed by atoms with E-state index in [-0.39, 0.29) is 50.3 Å². The maximum absolute atomic E-state index is 13.7. The van der Waals surface area contributed by atoms with Crippen molar-refractivity contribution in [3.8, 4) is 0 Å². The number of rotatable bonds is 25. The zero-order valence-electron chi connectivity index (χ0n) is 34.7. The van der Waals surface area contributed by atoms with E-state index in [1.807, 2.05) is 37.3 Å². The Morgan fingerprint density at radius 3 is 2.24 bits per heavy atom. The van der Waals surface area contributed by atoms with Gasteiger partial charge in [0.2, 0.25) is 30.0 Å². The molecule has 0 aliphatic heterocycles. The number of ether oxygens (including phenoxy) is 2. The molecule has 5 N–H and O–H groups in total. The zero-order chi connectivity index (χ0) is 43.3. The average Bonchev–Trinajstić information content (AvgIpc) is 3.77. The number of likely N-dealkylation sites (N-methyl/N-ethyl adjacent to an activating group) is 1. The molecule has 0 saturated carbocycles. The normalized spacial score (nSPS) is 12.9. The maximum Gasteiger partial charge on any atom is 0.410 e. The standard InChI is InChI=1S/C42H58N8O9/c1-7-8-22-50(41(58-6)29(4)39(55)48-34(38-44-20-21-45-38)23-30-12-10-9-11-13-30)36(54)19-18-33(52)24-46-40(56)37(28(2)3)49(5)42(57)59-26-31-14-16-32(17-15-31)47-35(53)25-43-27-51/h9-17,20-21,27-29,34,37,41H,7-8,18-19,22-26H2,1-6H3,(H,43,51)(H,44,45)(H,46,56)(H,47,53)(H,48,55). The summed E-state index contributed by atoms with van der Waals surface area (Å²) in [7, 11) is 2.87. The van der Waals surface area contributed by atoms with Crippen molar-refractivity contribution >= 4 is 47.6 Å². The number of Topliss-reactive ketones (excluding diaryl/α,β-unsaturated/α-hetero) is 1. The number of imidazole rings is 1. The number of aromatic nitrogens is 2. The van der Waals surface area contributed by atoms with E-state index in [4.69, 9.17) is 9.47 Å². The van der Waals surface area contributed by atoms with E-state index in [0.717, 1.165) is 16.9 Å². The maximum atomic E-state index is 13.7. The molecule has 1 heterocycles. The predicted octanol–water partition coefficient (Wildman–Crippen LogP) is 3.49. The van der Waals surface area contributed by atoms with E-state index in [2.05, 4.69) is 31.2 Å². The Morgan fingerprint density at radius 1 is 0.915 bits per heavy atom. The Balaban J connectivity index is 1.54. The van der Waals surface area contributed by atoms with Crippen LogP contribution in [0.5, 0.6) is 0 Å². The number of unbranched alkanes of at least 4 members (excludes halogenated alkanes) is 1. The highest BCUT2D eigenvalue weighted by molar-refractivity contribution is 5.93. The van der Waals surface area contributed by atoms with Gasteiger partial charge in [0.05, 0.1) is 25.0 Å². The summed E-state index contributed by atoms with van der Waals surface area (Å²) in [6.07, 6.45) is 3.64. The second-order valence-electron chi connectivity index (χ2n) is 14.4. The summed E-state index contributed by atoms with van der Waals surface area (Å²) < 4.78 is 11.2. The number of hydrogen-bond donors (Lipinski definition) is 5. The van der Waals surface area contributed by atoms with Crippen molar-refractivity contribution in [1.82, 2.24) is 35.7 Å². The third kappa shape index (κ3) is 15.3. The molecule has 17 nitrogen and oxygen atoms in total. The molecule has 0 fully saturated rings. The third-order valence-electron chi connectivity index (χ3n) is 9.54. The number of nitrogens with zero attached hydrogens (tertiary/aromatic N) is 3. The van der Waals surface area contributed by atoms with Gasteiger partial charge in [-0.15, -0.1) is 0 Å². The summed E-state index contributed by atoms with van der Waals surface area (Å²) in [6, 6.07) is 14.8. The number of aromatic amines is 1. The van der Waals surface area contributed by atoms with Crippen molar-refractivity contribution in [1.29, 1.82) is 0 Å². The first-order valence-corrected chi connectivity index (χ1v) is 19.7. The van der Waals surface area contributed by atoms with Crippen molar-refractivity contribution in [2.75, 3.05) is 39.1 Å². The van der Waals surface area contributed by atoms with Gasteiger partial charge in [0.1, 0.15) is 24.7 Å². The second-order valence-corrected chi connectivity index (χ2v) is 14.4. The summed E-state index contributed by atoms with van der Waals surface area (Å²) in [5.41, 5.74) is 2.12. The van der Waals surface area contributed by atoms with Gasteiger partial charge < -0.3 is 40.6 Å². The highest BCUT2D eigenvalue weighted by Gasteiger charge is 2.34. The molecule has 3 aromatic rings. The Bertz CT molecular complexity index is 1810. The molecule has 59 heavy (non-hydrogen) atoms. The minimum absolute atomic E-state index is 0.106. The van der Waals surface area contributed by atoms with Crippen LogP contribution in [0.15, 0.2) is 67.0 Å². The summed E-state index contributed by atoms with van der Waals surface area (Å²) in [4.78, 5) is 98.9. The van der Waals surface area contributed by atoms with Crippen LogP contribution in [0.4, 0.5) is 10.5 Å². The van der Waals surface area contributed by atoms with Gasteiger partial charge in [-0.25, -0.2) is 9.78 Å². The molecule has 320 valence electrons. The van der Waals surface area contributed by atoms with E-state index in [1.54, 1.807) is 57.4 Å². The molecule has 0 aliphatic rings. The SMILES string of the molecule is CCCCN(C(=O)CCC(=O)CNC(=O)C(C(C)C)N(C)C(=O)OCc1ccc(NC(=O)CNC=O)cc1)C(OC)C(C)C(=O)NC(Cc1ccccc1)c1ncc[nH]1. The van der Waals surface area contributed by atoms with Crippen LogP contribution < -0.4 is 21.3 Å². The first-order valence-electron chi connectivity index (χ1n) is 19.7. The molecule has 1 aromatic heterocycles. The van der Waals surface area contributed by atoms with E-state index in [0.29, 0.717) is 42.9 Å². The smallest absolute Gasteiger partial charge is 0.410 e. The second kappa shape index (κ2) is 24.6. The number of ketones is 1. The summed E-state index contributed by atoms with van der Waals surface area (Å²) in [6.45, 7) is 6.85. The molecule has 0 saturated heterocycles. The lowest BCUT2D eigenvalue weighted by Gasteiger charge is -2.34. The Labute approximate surface area is 345 Å². The van der Waals surface area contributed by atoms with Gasteiger partial charge in [-0.2, -0.15) is 0 Å². The quantitative estimate of drug-likeness (QED) is 0.0619. The monoisotopic (exact) mass is 818 g/mol. The van der Waals surface area contributed by atoms with Gasteiger partial charge in [-0.1, -0.05) is 69.7 Å². The minimum Gasteiger partial charge on any atom is -0.445 e. The van der Waals surface area contributed by atoms with E-state index < -0.39 is 47.9 Å². The minimum atomic E-state index is -0.964. The van der Waals surface area contributed by atoms with E-state index >= 15 is 0 Å². The lowest BCUT2D eigenvalue weighted by atomic mass is 10.0. The number of carbonyl (C=O) groups is 7. The molecule has 4 unspecified atom stereocenters. The fraction of sp³-hybridized carbons (Fsp3) is 0.476. The Hall–Kier alpha value is -6.10. The molecule has 0 spiro atoms. The predicted molar refractivity (Wildman–Crippen MR) is 219 cm³/mol. The van der Waals surface area contributed by atoms with E-state index in [1.165, 1.54) is 19.1 Å². The number of carbonyl (C=O) groups excluding carboxylic acids is 7. The third-order valence-corrected chi connectivity index (χ3v) is 9.54. The van der Waals surface area contributed by atoms with Gasteiger partial charge in [0.25, 0.3) is 0 Å². The lowest BCUT2D eigenvalue weighted by Crippen LogP contribution is -2.51. The molecular weight excluding hydrogens is 761 g/mol. The van der Waals surface area contributed by atoms with Crippen LogP contribution in [0.25, 0.3) is 0 Å². The number of anilines is 1. The topological polar surface area (TPSA) is 221 Å². The van der Waals surface area contributed by atoms with Gasteiger partial charge in [-0.3, -0.25) is 33.7 Å². The lowest BCUT2D eigenvalue weighted by molar-refractivity contribution is -0.154. The highest BCUT2D eigenvalue weighted by atomic mass is 16.6.